The quantitative estimate of drug-likeness (QED) is 0.866. The van der Waals surface area contributed by atoms with Crippen LogP contribution in [0, 0.1) is 6.92 Å². The summed E-state index contributed by atoms with van der Waals surface area (Å²) in [5.41, 5.74) is 5.58. The van der Waals surface area contributed by atoms with Crippen molar-refractivity contribution in [1.29, 1.82) is 0 Å². The molecule has 5 heteroatoms. The van der Waals surface area contributed by atoms with Crippen LogP contribution in [0.15, 0.2) is 12.1 Å². The summed E-state index contributed by atoms with van der Waals surface area (Å²) in [7, 11) is 2.88. The van der Waals surface area contributed by atoms with E-state index in [2.05, 4.69) is 0 Å². The van der Waals surface area contributed by atoms with Gasteiger partial charge in [0.2, 0.25) is 0 Å². The van der Waals surface area contributed by atoms with E-state index in [9.17, 15) is 8.78 Å². The largest absolute Gasteiger partial charge is 0.493 e. The maximum atomic E-state index is 13.8. The van der Waals surface area contributed by atoms with Gasteiger partial charge in [-0.05, 0) is 31.2 Å². The van der Waals surface area contributed by atoms with Gasteiger partial charge in [-0.15, -0.1) is 0 Å². The Morgan fingerprint density at radius 3 is 2.18 bits per heavy atom. The van der Waals surface area contributed by atoms with E-state index < -0.39 is 5.92 Å². The van der Waals surface area contributed by atoms with E-state index in [0.717, 1.165) is 0 Å². The molecule has 96 valence electrons. The molecular formula is C12H17F2NO2. The van der Waals surface area contributed by atoms with Gasteiger partial charge in [-0.3, -0.25) is 0 Å². The molecule has 1 rings (SSSR count). The van der Waals surface area contributed by atoms with Crippen LogP contribution in [0.4, 0.5) is 8.78 Å². The first-order valence-electron chi connectivity index (χ1n) is 5.27. The van der Waals surface area contributed by atoms with E-state index >= 15 is 0 Å². The molecule has 1 aromatic rings. The van der Waals surface area contributed by atoms with Crippen LogP contribution in [0.1, 0.15) is 17.5 Å². The van der Waals surface area contributed by atoms with E-state index in [1.165, 1.54) is 20.3 Å². The zero-order chi connectivity index (χ0) is 13.1. The highest BCUT2D eigenvalue weighted by molar-refractivity contribution is 5.48. The third-order valence-corrected chi connectivity index (χ3v) is 2.58. The van der Waals surface area contributed by atoms with E-state index in [4.69, 9.17) is 15.2 Å². The van der Waals surface area contributed by atoms with Crippen molar-refractivity contribution in [1.82, 2.24) is 0 Å². The molecule has 0 spiro atoms. The molecule has 0 radical (unpaired) electrons. The topological polar surface area (TPSA) is 44.5 Å². The van der Waals surface area contributed by atoms with Crippen LogP contribution in [-0.4, -0.2) is 20.8 Å². The highest BCUT2D eigenvalue weighted by Crippen LogP contribution is 2.39. The predicted molar refractivity (Wildman–Crippen MR) is 61.8 cm³/mol. The molecule has 0 amide bonds. The molecule has 0 saturated heterocycles. The Hall–Kier alpha value is -1.36. The smallest absolute Gasteiger partial charge is 0.274 e. The van der Waals surface area contributed by atoms with Gasteiger partial charge < -0.3 is 15.2 Å². The molecule has 0 fully saturated rings. The number of methoxy groups -OCH3 is 2. The lowest BCUT2D eigenvalue weighted by atomic mass is 9.99. The molecule has 0 aliphatic carbocycles. The first kappa shape index (κ1) is 13.7. The average Bonchev–Trinajstić information content (AvgIpc) is 2.28. The predicted octanol–water partition coefficient (Wildman–Crippen LogP) is 2.45. The lowest BCUT2D eigenvalue weighted by Crippen LogP contribution is -2.20. The van der Waals surface area contributed by atoms with Gasteiger partial charge in [0.05, 0.1) is 14.2 Å². The molecule has 0 saturated carbocycles. The second-order valence-corrected chi connectivity index (χ2v) is 3.77. The molecule has 0 heterocycles. The van der Waals surface area contributed by atoms with Crippen LogP contribution in [0.25, 0.3) is 0 Å². The van der Waals surface area contributed by atoms with Gasteiger partial charge in [0, 0.05) is 12.0 Å². The molecular weight excluding hydrogens is 228 g/mol. The van der Waals surface area contributed by atoms with Crippen LogP contribution >= 0.6 is 0 Å². The fraction of sp³-hybridized carbons (Fsp3) is 0.500. The molecule has 3 nitrogen and oxygen atoms in total. The number of alkyl halides is 2. The number of nitrogens with two attached hydrogens (primary N) is 1. The minimum Gasteiger partial charge on any atom is -0.493 e. The third kappa shape index (κ3) is 2.85. The first-order chi connectivity index (χ1) is 7.96. The van der Waals surface area contributed by atoms with Crippen LogP contribution < -0.4 is 15.2 Å². The second kappa shape index (κ2) is 5.31. The number of benzene rings is 1. The Labute approximate surface area is 99.5 Å². The molecule has 0 atom stereocenters. The number of hydrogen-bond acceptors (Lipinski definition) is 3. The summed E-state index contributed by atoms with van der Waals surface area (Å²) in [6.45, 7) is 1.54. The normalized spacial score (nSPS) is 11.4. The summed E-state index contributed by atoms with van der Waals surface area (Å²) in [5.74, 6) is -2.21. The van der Waals surface area contributed by atoms with Gasteiger partial charge in [0.15, 0.2) is 11.5 Å². The van der Waals surface area contributed by atoms with Crippen molar-refractivity contribution < 1.29 is 18.3 Å². The summed E-state index contributed by atoms with van der Waals surface area (Å²) in [6.07, 6.45) is -0.386. The molecule has 0 bridgehead atoms. The molecule has 0 aliphatic rings. The molecule has 17 heavy (non-hydrogen) atoms. The Balaban J connectivity index is 3.25. The number of halogens is 2. The molecule has 0 aliphatic heterocycles. The molecule has 1 aromatic carbocycles. The Bertz CT molecular complexity index is 394. The second-order valence-electron chi connectivity index (χ2n) is 3.77. The van der Waals surface area contributed by atoms with Gasteiger partial charge in [0.1, 0.15) is 0 Å². The van der Waals surface area contributed by atoms with Gasteiger partial charge in [-0.2, -0.15) is 0 Å². The van der Waals surface area contributed by atoms with E-state index in [1.807, 2.05) is 0 Å². The molecule has 2 N–H and O–H groups in total. The SMILES string of the molecule is COc1cc(C)c(C(F)(F)CCN)cc1OC. The fourth-order valence-corrected chi connectivity index (χ4v) is 1.69. The summed E-state index contributed by atoms with van der Waals surface area (Å²) in [6, 6.07) is 2.85. The zero-order valence-electron chi connectivity index (χ0n) is 10.2. The minimum absolute atomic E-state index is 0.0687. The highest BCUT2D eigenvalue weighted by Gasteiger charge is 2.33. The summed E-state index contributed by atoms with van der Waals surface area (Å²) < 4.78 is 37.7. The van der Waals surface area contributed by atoms with Crippen molar-refractivity contribution in [3.8, 4) is 11.5 Å². The zero-order valence-corrected chi connectivity index (χ0v) is 10.2. The number of aryl methyl sites for hydroxylation is 1. The van der Waals surface area contributed by atoms with Gasteiger partial charge >= 0.3 is 0 Å². The van der Waals surface area contributed by atoms with E-state index in [0.29, 0.717) is 17.1 Å². The minimum atomic E-state index is -2.95. The fourth-order valence-electron chi connectivity index (χ4n) is 1.69. The lowest BCUT2D eigenvalue weighted by molar-refractivity contribution is -0.0115. The number of ether oxygens (including phenoxy) is 2. The Morgan fingerprint density at radius 1 is 1.18 bits per heavy atom. The first-order valence-corrected chi connectivity index (χ1v) is 5.27. The third-order valence-electron chi connectivity index (χ3n) is 2.58. The van der Waals surface area contributed by atoms with Crippen LogP contribution in [0.5, 0.6) is 11.5 Å². The summed E-state index contributed by atoms with van der Waals surface area (Å²) >= 11 is 0. The van der Waals surface area contributed by atoms with Crippen molar-refractivity contribution in [2.75, 3.05) is 20.8 Å². The Kier molecular flexibility index (Phi) is 4.28. The highest BCUT2D eigenvalue weighted by atomic mass is 19.3. The van der Waals surface area contributed by atoms with Crippen molar-refractivity contribution in [3.05, 3.63) is 23.3 Å². The molecule has 0 aromatic heterocycles. The van der Waals surface area contributed by atoms with Gasteiger partial charge in [-0.25, -0.2) is 8.78 Å². The Morgan fingerprint density at radius 2 is 1.71 bits per heavy atom. The standard InChI is InChI=1S/C12H17F2NO2/c1-8-6-10(16-2)11(17-3)7-9(8)12(13,14)4-5-15/h6-7H,4-5,15H2,1-3H3. The summed E-state index contributed by atoms with van der Waals surface area (Å²) in [4.78, 5) is 0. The number of rotatable bonds is 5. The number of hydrogen-bond donors (Lipinski definition) is 1. The summed E-state index contributed by atoms with van der Waals surface area (Å²) in [5, 5.41) is 0. The maximum absolute atomic E-state index is 13.8. The average molecular weight is 245 g/mol. The van der Waals surface area contributed by atoms with Crippen molar-refractivity contribution >= 4 is 0 Å². The van der Waals surface area contributed by atoms with E-state index in [-0.39, 0.29) is 18.5 Å². The lowest BCUT2D eigenvalue weighted by Gasteiger charge is -2.20. The monoisotopic (exact) mass is 245 g/mol. The van der Waals surface area contributed by atoms with Crippen LogP contribution in [0.2, 0.25) is 0 Å². The maximum Gasteiger partial charge on any atom is 0.274 e. The van der Waals surface area contributed by atoms with Crippen LogP contribution in [0.3, 0.4) is 0 Å². The van der Waals surface area contributed by atoms with Crippen LogP contribution in [-0.2, 0) is 5.92 Å². The van der Waals surface area contributed by atoms with E-state index in [1.54, 1.807) is 13.0 Å². The van der Waals surface area contributed by atoms with Crippen molar-refractivity contribution in [2.45, 2.75) is 19.3 Å². The van der Waals surface area contributed by atoms with Crippen molar-refractivity contribution in [3.63, 3.8) is 0 Å². The van der Waals surface area contributed by atoms with Gasteiger partial charge in [0.25, 0.3) is 5.92 Å². The van der Waals surface area contributed by atoms with Crippen molar-refractivity contribution in [2.24, 2.45) is 5.73 Å². The molecule has 0 unspecified atom stereocenters. The van der Waals surface area contributed by atoms with Gasteiger partial charge in [-0.1, -0.05) is 0 Å².